The first-order valence-corrected chi connectivity index (χ1v) is 13.7. The van der Waals surface area contributed by atoms with Gasteiger partial charge >= 0.3 is 5.97 Å². The van der Waals surface area contributed by atoms with E-state index in [2.05, 4.69) is 65.7 Å². The fourth-order valence-electron chi connectivity index (χ4n) is 3.83. The maximum atomic E-state index is 11.1. The standard InChI is InChI=1S/C32H30N2O4S/c1-23-22-28(13-16-31(23)38-24(2)32(35)36)37-21-17-30(27-11-14-29(39-3)15-12-27)26-9-7-25(8-10-26)6-4-19-34-20-5-18-33-34/h5,7-18,20,22,24H,19,21H2,1-3H3,(H,35,36)/b30-17-. The summed E-state index contributed by atoms with van der Waals surface area (Å²) < 4.78 is 13.3. The zero-order valence-corrected chi connectivity index (χ0v) is 22.9. The van der Waals surface area contributed by atoms with Crippen molar-refractivity contribution in [1.82, 2.24) is 9.78 Å². The summed E-state index contributed by atoms with van der Waals surface area (Å²) in [7, 11) is 0. The van der Waals surface area contributed by atoms with Crippen LogP contribution in [-0.2, 0) is 11.3 Å². The van der Waals surface area contributed by atoms with E-state index in [1.54, 1.807) is 34.8 Å². The molecule has 6 nitrogen and oxygen atoms in total. The Kier molecular flexibility index (Phi) is 9.49. The monoisotopic (exact) mass is 538 g/mol. The Morgan fingerprint density at radius 2 is 1.82 bits per heavy atom. The van der Waals surface area contributed by atoms with E-state index in [-0.39, 0.29) is 0 Å². The number of benzene rings is 3. The van der Waals surface area contributed by atoms with Crippen molar-refractivity contribution in [3.8, 4) is 23.3 Å². The Labute approximate surface area is 233 Å². The van der Waals surface area contributed by atoms with Crippen LogP contribution < -0.4 is 9.47 Å². The van der Waals surface area contributed by atoms with E-state index in [1.165, 1.54) is 11.8 Å². The molecule has 3 aromatic carbocycles. The molecule has 0 fully saturated rings. The Balaban J connectivity index is 1.51. The lowest BCUT2D eigenvalue weighted by Crippen LogP contribution is -2.23. The second kappa shape index (κ2) is 13.4. The molecule has 0 aliphatic carbocycles. The third-order valence-electron chi connectivity index (χ3n) is 5.97. The van der Waals surface area contributed by atoms with Crippen molar-refractivity contribution < 1.29 is 19.4 Å². The number of aromatic nitrogens is 2. The number of thioether (sulfide) groups is 1. The summed E-state index contributed by atoms with van der Waals surface area (Å²) in [6, 6.07) is 23.9. The number of nitrogens with zero attached hydrogens (tertiary/aromatic N) is 2. The Hall–Kier alpha value is -4.41. The minimum atomic E-state index is -1.01. The van der Waals surface area contributed by atoms with Crippen LogP contribution in [0.3, 0.4) is 0 Å². The van der Waals surface area contributed by atoms with Gasteiger partial charge in [0.25, 0.3) is 0 Å². The van der Waals surface area contributed by atoms with E-state index in [1.807, 2.05) is 37.4 Å². The highest BCUT2D eigenvalue weighted by Gasteiger charge is 2.14. The van der Waals surface area contributed by atoms with Gasteiger partial charge in [-0.1, -0.05) is 36.1 Å². The maximum absolute atomic E-state index is 11.1. The van der Waals surface area contributed by atoms with Crippen molar-refractivity contribution in [1.29, 1.82) is 0 Å². The normalized spacial score (nSPS) is 11.8. The zero-order valence-electron chi connectivity index (χ0n) is 22.1. The fourth-order valence-corrected chi connectivity index (χ4v) is 4.24. The van der Waals surface area contributed by atoms with Crippen LogP contribution in [0.1, 0.15) is 29.2 Å². The predicted octanol–water partition coefficient (Wildman–Crippen LogP) is 6.33. The molecule has 0 saturated carbocycles. The number of hydrogen-bond acceptors (Lipinski definition) is 5. The number of aliphatic carboxylic acids is 1. The summed E-state index contributed by atoms with van der Waals surface area (Å²) in [5.74, 6) is 6.54. The first-order valence-electron chi connectivity index (χ1n) is 12.5. The largest absolute Gasteiger partial charge is 0.489 e. The van der Waals surface area contributed by atoms with Gasteiger partial charge in [-0.3, -0.25) is 4.68 Å². The van der Waals surface area contributed by atoms with Gasteiger partial charge in [-0.25, -0.2) is 4.79 Å². The van der Waals surface area contributed by atoms with E-state index in [4.69, 9.17) is 14.6 Å². The lowest BCUT2D eigenvalue weighted by Gasteiger charge is -2.14. The lowest BCUT2D eigenvalue weighted by molar-refractivity contribution is -0.144. The number of hydrogen-bond donors (Lipinski definition) is 1. The number of carboxylic acid groups (broad SMARTS) is 1. The van der Waals surface area contributed by atoms with Crippen LogP contribution in [-0.4, -0.2) is 39.8 Å². The Morgan fingerprint density at radius 1 is 1.10 bits per heavy atom. The average molecular weight is 539 g/mol. The molecule has 1 aromatic heterocycles. The van der Waals surface area contributed by atoms with Crippen LogP contribution in [0.15, 0.2) is 96.2 Å². The summed E-state index contributed by atoms with van der Waals surface area (Å²) >= 11 is 1.71. The number of carboxylic acids is 1. The van der Waals surface area contributed by atoms with Gasteiger partial charge < -0.3 is 14.6 Å². The molecule has 0 spiro atoms. The molecule has 1 N–H and O–H groups in total. The third kappa shape index (κ3) is 7.79. The minimum Gasteiger partial charge on any atom is -0.489 e. The van der Waals surface area contributed by atoms with E-state index in [0.29, 0.717) is 24.7 Å². The highest BCUT2D eigenvalue weighted by molar-refractivity contribution is 7.98. The van der Waals surface area contributed by atoms with Gasteiger partial charge in [0.1, 0.15) is 24.7 Å². The second-order valence-electron chi connectivity index (χ2n) is 8.77. The molecule has 0 saturated heterocycles. The highest BCUT2D eigenvalue weighted by atomic mass is 32.2. The van der Waals surface area contributed by atoms with Crippen molar-refractivity contribution in [2.24, 2.45) is 0 Å². The summed E-state index contributed by atoms with van der Waals surface area (Å²) in [4.78, 5) is 12.3. The molecule has 0 bridgehead atoms. The van der Waals surface area contributed by atoms with Crippen molar-refractivity contribution >= 4 is 23.3 Å². The van der Waals surface area contributed by atoms with E-state index in [0.717, 1.165) is 27.8 Å². The predicted molar refractivity (Wildman–Crippen MR) is 155 cm³/mol. The molecule has 0 radical (unpaired) electrons. The molecule has 1 unspecified atom stereocenters. The molecule has 1 atom stereocenters. The van der Waals surface area contributed by atoms with Gasteiger partial charge in [-0.2, -0.15) is 5.10 Å². The number of ether oxygens (including phenoxy) is 2. The molecule has 198 valence electrons. The van der Waals surface area contributed by atoms with Gasteiger partial charge in [0.15, 0.2) is 6.10 Å². The summed E-state index contributed by atoms with van der Waals surface area (Å²) in [5.41, 5.74) is 4.97. The SMILES string of the molecule is CSc1ccc(/C(=C\COc2ccc(OC(C)C(=O)O)c(C)c2)c2ccc(C#CCn3cccn3)cc2)cc1. The van der Waals surface area contributed by atoms with Gasteiger partial charge in [-0.15, -0.1) is 11.8 Å². The van der Waals surface area contributed by atoms with Crippen LogP contribution in [0.4, 0.5) is 0 Å². The molecule has 0 amide bonds. The van der Waals surface area contributed by atoms with Crippen molar-refractivity contribution in [3.05, 3.63) is 114 Å². The summed E-state index contributed by atoms with van der Waals surface area (Å²) in [6.07, 6.45) is 6.84. The molecule has 0 aliphatic rings. The van der Waals surface area contributed by atoms with Crippen molar-refractivity contribution in [2.75, 3.05) is 12.9 Å². The minimum absolute atomic E-state index is 0.357. The average Bonchev–Trinajstić information content (AvgIpc) is 3.47. The van der Waals surface area contributed by atoms with Crippen molar-refractivity contribution in [2.45, 2.75) is 31.4 Å². The van der Waals surface area contributed by atoms with Gasteiger partial charge in [0.2, 0.25) is 0 Å². The van der Waals surface area contributed by atoms with Crippen LogP contribution >= 0.6 is 11.8 Å². The van der Waals surface area contributed by atoms with Gasteiger partial charge in [0, 0.05) is 22.9 Å². The summed E-state index contributed by atoms with van der Waals surface area (Å²) in [5, 5.41) is 13.3. The quantitative estimate of drug-likeness (QED) is 0.188. The zero-order chi connectivity index (χ0) is 27.6. The van der Waals surface area contributed by atoms with Crippen LogP contribution in [0.2, 0.25) is 0 Å². The molecule has 4 rings (SSSR count). The Bertz CT molecular complexity index is 1480. The second-order valence-corrected chi connectivity index (χ2v) is 9.65. The smallest absolute Gasteiger partial charge is 0.344 e. The molecule has 0 aliphatic heterocycles. The van der Waals surface area contributed by atoms with Crippen LogP contribution in [0.5, 0.6) is 11.5 Å². The number of aryl methyl sites for hydroxylation is 1. The Morgan fingerprint density at radius 3 is 2.44 bits per heavy atom. The van der Waals surface area contributed by atoms with E-state index >= 15 is 0 Å². The van der Waals surface area contributed by atoms with E-state index < -0.39 is 12.1 Å². The first kappa shape index (κ1) is 27.6. The third-order valence-corrected chi connectivity index (χ3v) is 6.71. The molecular weight excluding hydrogens is 508 g/mol. The first-order chi connectivity index (χ1) is 18.9. The summed E-state index contributed by atoms with van der Waals surface area (Å²) in [6.45, 7) is 4.27. The van der Waals surface area contributed by atoms with Gasteiger partial charge in [0.05, 0.1) is 0 Å². The van der Waals surface area contributed by atoms with Crippen molar-refractivity contribution in [3.63, 3.8) is 0 Å². The fraction of sp³-hybridized carbons (Fsp3) is 0.188. The van der Waals surface area contributed by atoms with Gasteiger partial charge in [-0.05, 0) is 97.0 Å². The molecule has 39 heavy (non-hydrogen) atoms. The molecule has 4 aromatic rings. The van der Waals surface area contributed by atoms with Crippen LogP contribution in [0.25, 0.3) is 5.57 Å². The number of carbonyl (C=O) groups is 1. The van der Waals surface area contributed by atoms with Crippen LogP contribution in [0, 0.1) is 18.8 Å². The topological polar surface area (TPSA) is 73.6 Å². The number of rotatable bonds is 10. The molecule has 1 heterocycles. The van der Waals surface area contributed by atoms with E-state index in [9.17, 15) is 4.79 Å². The maximum Gasteiger partial charge on any atom is 0.344 e. The lowest BCUT2D eigenvalue weighted by atomic mass is 9.97. The highest BCUT2D eigenvalue weighted by Crippen LogP contribution is 2.27. The molecular formula is C32H30N2O4S. The molecule has 7 heteroatoms.